The molecule has 1 aromatic heterocycles. The number of benzene rings is 2. The lowest BCUT2D eigenvalue weighted by atomic mass is 10.1. The Kier molecular flexibility index (Phi) is 5.38. The normalized spacial score (nSPS) is 12.1. The van der Waals surface area contributed by atoms with Gasteiger partial charge in [-0.3, -0.25) is 14.2 Å². The second kappa shape index (κ2) is 7.55. The van der Waals surface area contributed by atoms with Gasteiger partial charge in [-0.2, -0.15) is 0 Å². The molecule has 0 fully saturated rings. The number of rotatable bonds is 4. The zero-order chi connectivity index (χ0) is 18.8. The number of fused-ring (bicyclic) bond motifs is 1. The smallest absolute Gasteiger partial charge is 0.262 e. The topological polar surface area (TPSA) is 66.9 Å². The molecule has 0 aliphatic carbocycles. The van der Waals surface area contributed by atoms with E-state index in [0.717, 1.165) is 10.0 Å². The van der Waals surface area contributed by atoms with Gasteiger partial charge in [0.05, 0.1) is 16.9 Å². The van der Waals surface area contributed by atoms with Gasteiger partial charge in [-0.15, -0.1) is 0 Å². The molecule has 3 aromatic rings. The number of nitrogens with zero attached hydrogens (tertiary/aromatic N) is 1. The van der Waals surface area contributed by atoms with Crippen molar-refractivity contribution in [2.75, 3.05) is 0 Å². The number of nitrogens with one attached hydrogen (secondary N) is 2. The third kappa shape index (κ3) is 3.64. The molecule has 0 bridgehead atoms. The largest absolute Gasteiger partial charge is 0.346 e. The fraction of sp³-hybridized carbons (Fsp3) is 0.211. The lowest BCUT2D eigenvalue weighted by molar-refractivity contribution is 0.0940. The molecule has 5 nitrogen and oxygen atoms in total. The Hall–Kier alpha value is -2.25. The van der Waals surface area contributed by atoms with Gasteiger partial charge in [0.15, 0.2) is 4.77 Å². The Morgan fingerprint density at radius 3 is 2.77 bits per heavy atom. The zero-order valence-electron chi connectivity index (χ0n) is 14.4. The first-order chi connectivity index (χ1) is 12.4. The van der Waals surface area contributed by atoms with Crippen molar-refractivity contribution in [3.8, 4) is 0 Å². The first-order valence-electron chi connectivity index (χ1n) is 8.24. The number of H-pyrrole nitrogens is 1. The summed E-state index contributed by atoms with van der Waals surface area (Å²) in [6.07, 6.45) is 0. The zero-order valence-corrected chi connectivity index (χ0v) is 16.8. The minimum Gasteiger partial charge on any atom is -0.346 e. The van der Waals surface area contributed by atoms with E-state index in [1.165, 1.54) is 4.57 Å². The lowest BCUT2D eigenvalue weighted by Crippen LogP contribution is -2.27. The first-order valence-corrected chi connectivity index (χ1v) is 9.44. The molecule has 134 valence electrons. The molecule has 3 rings (SSSR count). The molecule has 0 saturated carbocycles. The molecule has 1 atom stereocenters. The van der Waals surface area contributed by atoms with E-state index >= 15 is 0 Å². The summed E-state index contributed by atoms with van der Waals surface area (Å²) in [6.45, 7) is 4.28. The highest BCUT2D eigenvalue weighted by molar-refractivity contribution is 9.10. The van der Waals surface area contributed by atoms with E-state index < -0.39 is 0 Å². The molecule has 0 aliphatic heterocycles. The lowest BCUT2D eigenvalue weighted by Gasteiger charge is -2.15. The van der Waals surface area contributed by atoms with Crippen LogP contribution in [0.2, 0.25) is 0 Å². The first kappa shape index (κ1) is 18.5. The van der Waals surface area contributed by atoms with Crippen molar-refractivity contribution in [1.82, 2.24) is 14.9 Å². The molecule has 1 unspecified atom stereocenters. The van der Waals surface area contributed by atoms with Crippen LogP contribution in [0, 0.1) is 4.77 Å². The summed E-state index contributed by atoms with van der Waals surface area (Å²) < 4.78 is 2.80. The molecule has 0 radical (unpaired) electrons. The van der Waals surface area contributed by atoms with Crippen LogP contribution in [0.15, 0.2) is 51.7 Å². The second-order valence-corrected chi connectivity index (χ2v) is 7.29. The number of hydrogen-bond donors (Lipinski definition) is 2. The molecule has 7 heteroatoms. The number of carbonyl (C=O) groups excluding carboxylic acids is 1. The van der Waals surface area contributed by atoms with Crippen molar-refractivity contribution in [1.29, 1.82) is 0 Å². The molecule has 2 aromatic carbocycles. The van der Waals surface area contributed by atoms with Crippen LogP contribution < -0.4 is 10.9 Å². The Balaban J connectivity index is 1.91. The Morgan fingerprint density at radius 1 is 1.31 bits per heavy atom. The van der Waals surface area contributed by atoms with E-state index in [1.54, 1.807) is 18.2 Å². The van der Waals surface area contributed by atoms with Crippen LogP contribution in [0.3, 0.4) is 0 Å². The minimum atomic E-state index is -0.210. The highest BCUT2D eigenvalue weighted by Gasteiger charge is 2.13. The molecule has 1 amide bonds. The van der Waals surface area contributed by atoms with E-state index in [0.29, 0.717) is 27.8 Å². The van der Waals surface area contributed by atoms with Gasteiger partial charge in [0, 0.05) is 16.6 Å². The van der Waals surface area contributed by atoms with Gasteiger partial charge < -0.3 is 10.3 Å². The summed E-state index contributed by atoms with van der Waals surface area (Å²) in [5.41, 5.74) is 1.88. The Bertz CT molecular complexity index is 1100. The number of halogens is 1. The van der Waals surface area contributed by atoms with Gasteiger partial charge in [-0.1, -0.05) is 28.1 Å². The summed E-state index contributed by atoms with van der Waals surface area (Å²) in [5, 5.41) is 3.48. The van der Waals surface area contributed by atoms with E-state index in [9.17, 15) is 9.59 Å². The molecule has 26 heavy (non-hydrogen) atoms. The molecule has 2 N–H and O–H groups in total. The maximum Gasteiger partial charge on any atom is 0.262 e. The van der Waals surface area contributed by atoms with Crippen LogP contribution in [-0.4, -0.2) is 15.5 Å². The highest BCUT2D eigenvalue weighted by Crippen LogP contribution is 2.19. The Morgan fingerprint density at radius 2 is 2.08 bits per heavy atom. The summed E-state index contributed by atoms with van der Waals surface area (Å²) in [7, 11) is 0. The number of aromatic nitrogens is 2. The average Bonchev–Trinajstić information content (AvgIpc) is 2.61. The fourth-order valence-corrected chi connectivity index (χ4v) is 3.56. The van der Waals surface area contributed by atoms with Gasteiger partial charge >= 0.3 is 0 Å². The predicted molar refractivity (Wildman–Crippen MR) is 109 cm³/mol. The van der Waals surface area contributed by atoms with Crippen molar-refractivity contribution in [3.05, 3.63) is 73.2 Å². The van der Waals surface area contributed by atoms with Crippen molar-refractivity contribution in [2.24, 2.45) is 0 Å². The second-order valence-electron chi connectivity index (χ2n) is 5.99. The summed E-state index contributed by atoms with van der Waals surface area (Å²) in [5.74, 6) is -0.210. The summed E-state index contributed by atoms with van der Waals surface area (Å²) in [6, 6.07) is 12.6. The van der Waals surface area contributed by atoms with Crippen LogP contribution in [0.1, 0.15) is 35.8 Å². The van der Waals surface area contributed by atoms with Crippen LogP contribution in [0.4, 0.5) is 0 Å². The number of carbonyl (C=O) groups is 1. The maximum atomic E-state index is 12.6. The van der Waals surface area contributed by atoms with Crippen molar-refractivity contribution >= 4 is 45.0 Å². The summed E-state index contributed by atoms with van der Waals surface area (Å²) >= 11 is 8.66. The van der Waals surface area contributed by atoms with Crippen LogP contribution in [0.5, 0.6) is 0 Å². The number of hydrogen-bond acceptors (Lipinski definition) is 3. The molecule has 0 aliphatic rings. The maximum absolute atomic E-state index is 12.6. The van der Waals surface area contributed by atoms with Gasteiger partial charge in [-0.05, 0) is 62.0 Å². The number of amides is 1. The molecule has 1 heterocycles. The van der Waals surface area contributed by atoms with Crippen LogP contribution >= 0.6 is 28.1 Å². The van der Waals surface area contributed by atoms with Crippen LogP contribution in [-0.2, 0) is 6.54 Å². The molecule has 0 saturated heterocycles. The van der Waals surface area contributed by atoms with Crippen LogP contribution in [0.25, 0.3) is 10.9 Å². The highest BCUT2D eigenvalue weighted by atomic mass is 79.9. The third-order valence-electron chi connectivity index (χ3n) is 4.26. The predicted octanol–water partition coefficient (Wildman–Crippen LogP) is 4.33. The van der Waals surface area contributed by atoms with Gasteiger partial charge in [0.2, 0.25) is 0 Å². The third-order valence-corrected chi connectivity index (χ3v) is 5.07. The Labute approximate surface area is 164 Å². The summed E-state index contributed by atoms with van der Waals surface area (Å²) in [4.78, 5) is 28.1. The van der Waals surface area contributed by atoms with Crippen molar-refractivity contribution < 1.29 is 4.79 Å². The van der Waals surface area contributed by atoms with E-state index in [4.69, 9.17) is 12.2 Å². The van der Waals surface area contributed by atoms with Crippen molar-refractivity contribution in [3.63, 3.8) is 0 Å². The van der Waals surface area contributed by atoms with Gasteiger partial charge in [0.25, 0.3) is 11.5 Å². The average molecular weight is 432 g/mol. The van der Waals surface area contributed by atoms with E-state index in [-0.39, 0.29) is 17.5 Å². The van der Waals surface area contributed by atoms with E-state index in [1.807, 2.05) is 38.1 Å². The molecular weight excluding hydrogens is 414 g/mol. The monoisotopic (exact) mass is 431 g/mol. The molecule has 0 spiro atoms. The van der Waals surface area contributed by atoms with Crippen molar-refractivity contribution in [2.45, 2.75) is 26.4 Å². The fourth-order valence-electron chi connectivity index (χ4n) is 2.82. The SMILES string of the molecule is CCn1c(=S)[nH]c2cc(C(=O)NC(C)c3cccc(Br)c3)ccc2c1=O. The quantitative estimate of drug-likeness (QED) is 0.603. The molecular formula is C19H18BrN3O2S. The number of aromatic amines is 1. The van der Waals surface area contributed by atoms with E-state index in [2.05, 4.69) is 26.2 Å². The standard InChI is InChI=1S/C19H18BrN3O2S/c1-3-23-18(25)15-8-7-13(10-16(15)22-19(23)26)17(24)21-11(2)12-5-4-6-14(20)9-12/h4-11H,3H2,1-2H3,(H,21,24)(H,22,26). The van der Waals surface area contributed by atoms with Gasteiger partial charge in [0.1, 0.15) is 0 Å². The van der Waals surface area contributed by atoms with Gasteiger partial charge in [-0.25, -0.2) is 0 Å². The minimum absolute atomic E-state index is 0.151.